The molecule has 5 rings (SSSR count). The first-order valence-corrected chi connectivity index (χ1v) is 11.8. The normalized spacial score (nSPS) is 19.3. The molecule has 1 aromatic heterocycles. The van der Waals surface area contributed by atoms with E-state index in [-0.39, 0.29) is 11.8 Å². The summed E-state index contributed by atoms with van der Waals surface area (Å²) in [5, 5.41) is 4.73. The highest BCUT2D eigenvalue weighted by molar-refractivity contribution is 9.10. The van der Waals surface area contributed by atoms with E-state index in [0.29, 0.717) is 12.1 Å². The van der Waals surface area contributed by atoms with Gasteiger partial charge in [-0.3, -0.25) is 9.59 Å². The van der Waals surface area contributed by atoms with E-state index < -0.39 is 0 Å². The van der Waals surface area contributed by atoms with Crippen LogP contribution in [0.3, 0.4) is 0 Å². The molecule has 2 fully saturated rings. The number of carbonyl (C=O) groups excluding carboxylic acids is 2. The first kappa shape index (κ1) is 19.7. The largest absolute Gasteiger partial charge is 0.337 e. The average molecular weight is 484 g/mol. The van der Waals surface area contributed by atoms with Crippen molar-refractivity contribution in [3.8, 4) is 0 Å². The molecule has 3 aromatic rings. The molecular weight excluding hydrogens is 462 g/mol. The molecule has 5 nitrogen and oxygen atoms in total. The smallest absolute Gasteiger partial charge is 0.264 e. The first-order valence-electron chi connectivity index (χ1n) is 10.2. The lowest BCUT2D eigenvalue weighted by molar-refractivity contribution is 0.0558. The topological polar surface area (TPSA) is 52.7 Å². The number of halogens is 1. The minimum atomic E-state index is 0.0988. The number of amides is 2. The van der Waals surface area contributed by atoms with Crippen LogP contribution in [0.2, 0.25) is 0 Å². The average Bonchev–Trinajstić information content (AvgIpc) is 3.36. The molecule has 2 amide bonds. The van der Waals surface area contributed by atoms with Gasteiger partial charge in [-0.25, -0.2) is 0 Å². The van der Waals surface area contributed by atoms with Crippen LogP contribution in [0.5, 0.6) is 0 Å². The molecule has 1 N–H and O–H groups in total. The Morgan fingerprint density at radius 2 is 1.70 bits per heavy atom. The van der Waals surface area contributed by atoms with Crippen LogP contribution in [0.25, 0.3) is 10.1 Å². The predicted molar refractivity (Wildman–Crippen MR) is 123 cm³/mol. The number of likely N-dealkylation sites (tertiary alicyclic amines) is 2. The van der Waals surface area contributed by atoms with Crippen LogP contribution < -0.4 is 5.32 Å². The summed E-state index contributed by atoms with van der Waals surface area (Å²) < 4.78 is 2.15. The summed E-state index contributed by atoms with van der Waals surface area (Å²) in [7, 11) is 0. The van der Waals surface area contributed by atoms with Crippen molar-refractivity contribution in [1.82, 2.24) is 15.1 Å². The summed E-state index contributed by atoms with van der Waals surface area (Å²) in [5.41, 5.74) is 0.744. The first-order chi connectivity index (χ1) is 14.6. The maximum absolute atomic E-state index is 12.8. The Bertz CT molecular complexity index is 1090. The second-order valence-electron chi connectivity index (χ2n) is 7.97. The Kier molecular flexibility index (Phi) is 5.35. The SMILES string of the molecule is O=C(c1ccccc1)N1CCC(NC2CN(C(=O)c3cc4cc(Br)ccc4s3)C2)C1. The third kappa shape index (κ3) is 3.89. The molecule has 1 atom stereocenters. The van der Waals surface area contributed by atoms with Gasteiger partial charge in [0.05, 0.1) is 4.88 Å². The molecule has 0 saturated carbocycles. The third-order valence-electron chi connectivity index (χ3n) is 5.83. The number of hydrogen-bond acceptors (Lipinski definition) is 4. The molecule has 3 heterocycles. The predicted octanol–water partition coefficient (Wildman–Crippen LogP) is 3.99. The van der Waals surface area contributed by atoms with E-state index in [1.807, 2.05) is 64.4 Å². The molecule has 2 aliphatic rings. The van der Waals surface area contributed by atoms with Crippen molar-refractivity contribution in [1.29, 1.82) is 0 Å². The molecule has 0 radical (unpaired) electrons. The van der Waals surface area contributed by atoms with Gasteiger partial charge in [0.25, 0.3) is 11.8 Å². The fraction of sp³-hybridized carbons (Fsp3) is 0.304. The van der Waals surface area contributed by atoms with E-state index >= 15 is 0 Å². The van der Waals surface area contributed by atoms with Gasteiger partial charge in [-0.1, -0.05) is 34.1 Å². The van der Waals surface area contributed by atoms with Crippen LogP contribution in [0.15, 0.2) is 59.1 Å². The van der Waals surface area contributed by atoms with E-state index in [9.17, 15) is 9.59 Å². The van der Waals surface area contributed by atoms with E-state index in [4.69, 9.17) is 0 Å². The van der Waals surface area contributed by atoms with Crippen LogP contribution >= 0.6 is 27.3 Å². The lowest BCUT2D eigenvalue weighted by Crippen LogP contribution is -2.61. The standard InChI is InChI=1S/C23H22BrN3O2S/c24-17-6-7-20-16(10-17)11-21(30-20)23(29)27-13-19(14-27)25-18-8-9-26(12-18)22(28)15-4-2-1-3-5-15/h1-7,10-11,18-19,25H,8-9,12-14H2. The van der Waals surface area contributed by atoms with Crippen molar-refractivity contribution in [3.63, 3.8) is 0 Å². The van der Waals surface area contributed by atoms with Crippen molar-refractivity contribution in [3.05, 3.63) is 69.5 Å². The van der Waals surface area contributed by atoms with Crippen molar-refractivity contribution in [2.24, 2.45) is 0 Å². The number of hydrogen-bond donors (Lipinski definition) is 1. The number of fused-ring (bicyclic) bond motifs is 1. The molecule has 30 heavy (non-hydrogen) atoms. The van der Waals surface area contributed by atoms with Gasteiger partial charge in [-0.15, -0.1) is 11.3 Å². The molecule has 154 valence electrons. The number of carbonyl (C=O) groups is 2. The van der Waals surface area contributed by atoms with Gasteiger partial charge >= 0.3 is 0 Å². The molecular formula is C23H22BrN3O2S. The van der Waals surface area contributed by atoms with E-state index in [1.165, 1.54) is 0 Å². The van der Waals surface area contributed by atoms with Crippen molar-refractivity contribution in [2.75, 3.05) is 26.2 Å². The van der Waals surface area contributed by atoms with Gasteiger partial charge in [0.15, 0.2) is 0 Å². The maximum atomic E-state index is 12.8. The molecule has 2 saturated heterocycles. The fourth-order valence-electron chi connectivity index (χ4n) is 4.20. The van der Waals surface area contributed by atoms with Gasteiger partial charge in [0.2, 0.25) is 0 Å². The second kappa shape index (κ2) is 8.13. The summed E-state index contributed by atoms with van der Waals surface area (Å²) in [6, 6.07) is 18.1. The maximum Gasteiger partial charge on any atom is 0.264 e. The number of nitrogens with one attached hydrogen (secondary N) is 1. The van der Waals surface area contributed by atoms with Crippen LogP contribution in [0.4, 0.5) is 0 Å². The molecule has 2 aliphatic heterocycles. The molecule has 0 bridgehead atoms. The zero-order valence-electron chi connectivity index (χ0n) is 16.4. The van der Waals surface area contributed by atoms with Gasteiger partial charge in [-0.05, 0) is 48.2 Å². The number of nitrogens with zero attached hydrogens (tertiary/aromatic N) is 2. The highest BCUT2D eigenvalue weighted by Gasteiger charge is 2.35. The van der Waals surface area contributed by atoms with Gasteiger partial charge in [0, 0.05) is 53.0 Å². The minimum absolute atomic E-state index is 0.0988. The zero-order valence-corrected chi connectivity index (χ0v) is 18.8. The van der Waals surface area contributed by atoms with Crippen LogP contribution in [0.1, 0.15) is 26.5 Å². The molecule has 0 aliphatic carbocycles. The van der Waals surface area contributed by atoms with Crippen molar-refractivity contribution < 1.29 is 9.59 Å². The minimum Gasteiger partial charge on any atom is -0.337 e. The van der Waals surface area contributed by atoms with Crippen LogP contribution in [0, 0.1) is 0 Å². The lowest BCUT2D eigenvalue weighted by Gasteiger charge is -2.40. The Labute approximate surface area is 187 Å². The quantitative estimate of drug-likeness (QED) is 0.610. The third-order valence-corrected chi connectivity index (χ3v) is 7.42. The monoisotopic (exact) mass is 483 g/mol. The highest BCUT2D eigenvalue weighted by Crippen LogP contribution is 2.30. The van der Waals surface area contributed by atoms with Crippen molar-refractivity contribution >= 4 is 49.2 Å². The Hall–Kier alpha value is -2.22. The van der Waals surface area contributed by atoms with Gasteiger partial charge < -0.3 is 15.1 Å². The van der Waals surface area contributed by atoms with E-state index in [0.717, 1.165) is 57.6 Å². The summed E-state index contributed by atoms with van der Waals surface area (Å²) in [6.45, 7) is 2.95. The van der Waals surface area contributed by atoms with E-state index in [2.05, 4.69) is 21.2 Å². The Balaban J connectivity index is 1.13. The van der Waals surface area contributed by atoms with Crippen LogP contribution in [-0.2, 0) is 0 Å². The molecule has 7 heteroatoms. The summed E-state index contributed by atoms with van der Waals surface area (Å²) in [4.78, 5) is 30.0. The Morgan fingerprint density at radius 3 is 2.50 bits per heavy atom. The van der Waals surface area contributed by atoms with Crippen LogP contribution in [-0.4, -0.2) is 59.9 Å². The number of benzene rings is 2. The summed E-state index contributed by atoms with van der Waals surface area (Å²) in [5.74, 6) is 0.208. The summed E-state index contributed by atoms with van der Waals surface area (Å²) >= 11 is 5.04. The van der Waals surface area contributed by atoms with Crippen molar-refractivity contribution in [2.45, 2.75) is 18.5 Å². The zero-order chi connectivity index (χ0) is 20.7. The lowest BCUT2D eigenvalue weighted by atomic mass is 10.1. The molecule has 0 spiro atoms. The molecule has 2 aromatic carbocycles. The second-order valence-corrected chi connectivity index (χ2v) is 9.97. The van der Waals surface area contributed by atoms with Gasteiger partial charge in [0.1, 0.15) is 0 Å². The summed E-state index contributed by atoms with van der Waals surface area (Å²) in [6.07, 6.45) is 0.953. The Morgan fingerprint density at radius 1 is 0.933 bits per heavy atom. The fourth-order valence-corrected chi connectivity index (χ4v) is 5.59. The highest BCUT2D eigenvalue weighted by atomic mass is 79.9. The van der Waals surface area contributed by atoms with E-state index in [1.54, 1.807) is 11.3 Å². The number of thiophene rings is 1. The number of rotatable bonds is 4. The molecule has 1 unspecified atom stereocenters. The van der Waals surface area contributed by atoms with Gasteiger partial charge in [-0.2, -0.15) is 0 Å².